The Balaban J connectivity index is 1.84. The van der Waals surface area contributed by atoms with Gasteiger partial charge in [-0.2, -0.15) is 5.10 Å². The first-order valence-corrected chi connectivity index (χ1v) is 7.45. The summed E-state index contributed by atoms with van der Waals surface area (Å²) in [4.78, 5) is 11.7. The van der Waals surface area contributed by atoms with Gasteiger partial charge in [-0.25, -0.2) is 5.43 Å². The van der Waals surface area contributed by atoms with Crippen molar-refractivity contribution < 1.29 is 19.4 Å². The molecule has 0 aromatic heterocycles. The van der Waals surface area contributed by atoms with Gasteiger partial charge in [-0.1, -0.05) is 15.9 Å². The molecule has 6 nitrogen and oxygen atoms in total. The molecule has 2 aromatic carbocycles. The van der Waals surface area contributed by atoms with Crippen LogP contribution in [0.25, 0.3) is 0 Å². The van der Waals surface area contributed by atoms with Crippen LogP contribution in [0.2, 0.25) is 0 Å². The highest BCUT2D eigenvalue weighted by atomic mass is 79.9. The molecule has 0 radical (unpaired) electrons. The first-order chi connectivity index (χ1) is 11.1. The van der Waals surface area contributed by atoms with E-state index < -0.39 is 5.91 Å². The standard InChI is InChI=1S/C16H15BrN2O4/c1-22-15-8-12(17)4-7-14(15)23-10-16(21)19-18-9-11-2-5-13(20)6-3-11/h2-9,20H,10H2,1H3,(H,19,21)/b18-9+. The lowest BCUT2D eigenvalue weighted by molar-refractivity contribution is -0.123. The number of methoxy groups -OCH3 is 1. The summed E-state index contributed by atoms with van der Waals surface area (Å²) in [6.45, 7) is -0.190. The van der Waals surface area contributed by atoms with Crippen molar-refractivity contribution >= 4 is 28.1 Å². The van der Waals surface area contributed by atoms with Crippen LogP contribution in [0.5, 0.6) is 17.2 Å². The van der Waals surface area contributed by atoms with E-state index >= 15 is 0 Å². The fraction of sp³-hybridized carbons (Fsp3) is 0.125. The molecule has 0 saturated carbocycles. The molecule has 1 amide bonds. The maximum absolute atomic E-state index is 11.7. The van der Waals surface area contributed by atoms with Gasteiger partial charge in [0.1, 0.15) is 5.75 Å². The lowest BCUT2D eigenvalue weighted by atomic mass is 10.2. The molecule has 2 aromatic rings. The summed E-state index contributed by atoms with van der Waals surface area (Å²) in [5, 5.41) is 13.0. The van der Waals surface area contributed by atoms with E-state index in [0.29, 0.717) is 11.5 Å². The normalized spacial score (nSPS) is 10.5. The molecule has 2 rings (SSSR count). The zero-order chi connectivity index (χ0) is 16.7. The highest BCUT2D eigenvalue weighted by Crippen LogP contribution is 2.29. The second-order valence-electron chi connectivity index (χ2n) is 4.47. The Morgan fingerprint density at radius 1 is 1.26 bits per heavy atom. The van der Waals surface area contributed by atoms with Gasteiger partial charge in [-0.3, -0.25) is 4.79 Å². The summed E-state index contributed by atoms with van der Waals surface area (Å²) in [5.74, 6) is 0.765. The number of phenols is 1. The van der Waals surface area contributed by atoms with Crippen LogP contribution in [0.1, 0.15) is 5.56 Å². The average Bonchev–Trinajstić information content (AvgIpc) is 2.55. The van der Waals surface area contributed by atoms with Crippen molar-refractivity contribution in [3.8, 4) is 17.2 Å². The molecule has 0 saturated heterocycles. The maximum Gasteiger partial charge on any atom is 0.277 e. The number of nitrogens with zero attached hydrogens (tertiary/aromatic N) is 1. The minimum atomic E-state index is -0.398. The smallest absolute Gasteiger partial charge is 0.277 e. The van der Waals surface area contributed by atoms with E-state index in [-0.39, 0.29) is 12.4 Å². The third-order valence-electron chi connectivity index (χ3n) is 2.78. The minimum Gasteiger partial charge on any atom is -0.508 e. The van der Waals surface area contributed by atoms with E-state index in [1.165, 1.54) is 25.5 Å². The summed E-state index contributed by atoms with van der Waals surface area (Å²) in [6.07, 6.45) is 1.47. The number of hydrogen-bond donors (Lipinski definition) is 2. The van der Waals surface area contributed by atoms with Crippen LogP contribution in [-0.2, 0) is 4.79 Å². The van der Waals surface area contributed by atoms with Crippen molar-refractivity contribution in [1.29, 1.82) is 0 Å². The van der Waals surface area contributed by atoms with Crippen LogP contribution in [0, 0.1) is 0 Å². The number of carbonyl (C=O) groups excluding carboxylic acids is 1. The molecule has 7 heteroatoms. The van der Waals surface area contributed by atoms with Crippen molar-refractivity contribution in [2.75, 3.05) is 13.7 Å². The number of hydrazone groups is 1. The van der Waals surface area contributed by atoms with Gasteiger partial charge < -0.3 is 14.6 Å². The van der Waals surface area contributed by atoms with Gasteiger partial charge >= 0.3 is 0 Å². The zero-order valence-electron chi connectivity index (χ0n) is 12.3. The molecule has 0 unspecified atom stereocenters. The summed E-state index contributed by atoms with van der Waals surface area (Å²) < 4.78 is 11.4. The van der Waals surface area contributed by atoms with E-state index in [0.717, 1.165) is 10.0 Å². The predicted octanol–water partition coefficient (Wildman–Crippen LogP) is 2.69. The lowest BCUT2D eigenvalue weighted by Gasteiger charge is -2.10. The van der Waals surface area contributed by atoms with Gasteiger partial charge in [0.05, 0.1) is 13.3 Å². The first-order valence-electron chi connectivity index (χ1n) is 6.66. The summed E-state index contributed by atoms with van der Waals surface area (Å²) in [5.41, 5.74) is 3.11. The minimum absolute atomic E-state index is 0.169. The molecule has 23 heavy (non-hydrogen) atoms. The van der Waals surface area contributed by atoms with Crippen LogP contribution in [0.15, 0.2) is 52.0 Å². The molecule has 0 aliphatic carbocycles. The fourth-order valence-corrected chi connectivity index (χ4v) is 2.02. The molecular weight excluding hydrogens is 364 g/mol. The number of aromatic hydroxyl groups is 1. The van der Waals surface area contributed by atoms with E-state index in [2.05, 4.69) is 26.5 Å². The van der Waals surface area contributed by atoms with Crippen LogP contribution >= 0.6 is 15.9 Å². The van der Waals surface area contributed by atoms with Gasteiger partial charge in [-0.05, 0) is 48.0 Å². The Hall–Kier alpha value is -2.54. The number of carbonyl (C=O) groups is 1. The second kappa shape index (κ2) is 8.19. The number of benzene rings is 2. The van der Waals surface area contributed by atoms with E-state index in [1.807, 2.05) is 0 Å². The molecule has 0 aliphatic rings. The van der Waals surface area contributed by atoms with Gasteiger partial charge in [-0.15, -0.1) is 0 Å². The first kappa shape index (κ1) is 16.8. The van der Waals surface area contributed by atoms with Crippen molar-refractivity contribution in [2.24, 2.45) is 5.10 Å². The number of nitrogens with one attached hydrogen (secondary N) is 1. The van der Waals surface area contributed by atoms with Gasteiger partial charge in [0.15, 0.2) is 18.1 Å². The van der Waals surface area contributed by atoms with E-state index in [1.54, 1.807) is 30.3 Å². The largest absolute Gasteiger partial charge is 0.508 e. The van der Waals surface area contributed by atoms with Crippen molar-refractivity contribution in [3.05, 3.63) is 52.5 Å². The number of rotatable bonds is 6. The van der Waals surface area contributed by atoms with Crippen molar-refractivity contribution in [3.63, 3.8) is 0 Å². The van der Waals surface area contributed by atoms with Gasteiger partial charge in [0.25, 0.3) is 5.91 Å². The van der Waals surface area contributed by atoms with Crippen LogP contribution in [0.3, 0.4) is 0 Å². The Bertz CT molecular complexity index is 702. The van der Waals surface area contributed by atoms with E-state index in [9.17, 15) is 4.79 Å². The summed E-state index contributed by atoms with van der Waals surface area (Å²) in [6, 6.07) is 11.7. The zero-order valence-corrected chi connectivity index (χ0v) is 13.9. The molecule has 120 valence electrons. The third kappa shape index (κ3) is 5.30. The second-order valence-corrected chi connectivity index (χ2v) is 5.38. The summed E-state index contributed by atoms with van der Waals surface area (Å²) >= 11 is 3.33. The molecule has 0 fully saturated rings. The Morgan fingerprint density at radius 3 is 2.70 bits per heavy atom. The molecular formula is C16H15BrN2O4. The van der Waals surface area contributed by atoms with Crippen molar-refractivity contribution in [2.45, 2.75) is 0 Å². The van der Waals surface area contributed by atoms with Crippen LogP contribution < -0.4 is 14.9 Å². The molecule has 0 heterocycles. The molecule has 2 N–H and O–H groups in total. The SMILES string of the molecule is COc1cc(Br)ccc1OCC(=O)N/N=C/c1ccc(O)cc1. The molecule has 0 spiro atoms. The quantitative estimate of drug-likeness (QED) is 0.598. The highest BCUT2D eigenvalue weighted by Gasteiger charge is 2.07. The Morgan fingerprint density at radius 2 is 2.00 bits per heavy atom. The monoisotopic (exact) mass is 378 g/mol. The molecule has 0 atom stereocenters. The lowest BCUT2D eigenvalue weighted by Crippen LogP contribution is -2.24. The third-order valence-corrected chi connectivity index (χ3v) is 3.27. The number of ether oxygens (including phenoxy) is 2. The molecule has 0 bridgehead atoms. The fourth-order valence-electron chi connectivity index (χ4n) is 1.68. The van der Waals surface area contributed by atoms with Gasteiger partial charge in [0.2, 0.25) is 0 Å². The maximum atomic E-state index is 11.7. The number of phenolic OH excluding ortho intramolecular Hbond substituents is 1. The molecule has 0 aliphatic heterocycles. The number of amides is 1. The number of hydrogen-bond acceptors (Lipinski definition) is 5. The Kier molecular flexibility index (Phi) is 5.99. The van der Waals surface area contributed by atoms with E-state index in [4.69, 9.17) is 14.6 Å². The topological polar surface area (TPSA) is 80.2 Å². The van der Waals surface area contributed by atoms with Crippen LogP contribution in [0.4, 0.5) is 0 Å². The van der Waals surface area contributed by atoms with Gasteiger partial charge in [0, 0.05) is 4.47 Å². The highest BCUT2D eigenvalue weighted by molar-refractivity contribution is 9.10. The Labute approximate surface area is 141 Å². The predicted molar refractivity (Wildman–Crippen MR) is 90.0 cm³/mol. The van der Waals surface area contributed by atoms with Crippen molar-refractivity contribution in [1.82, 2.24) is 5.43 Å². The average molecular weight is 379 g/mol. The van der Waals surface area contributed by atoms with Crippen LogP contribution in [-0.4, -0.2) is 30.9 Å². The summed E-state index contributed by atoms with van der Waals surface area (Å²) in [7, 11) is 1.52. The number of halogens is 1.